The van der Waals surface area contributed by atoms with Crippen LogP contribution in [0.3, 0.4) is 0 Å². The molecule has 2 amide bonds. The van der Waals surface area contributed by atoms with Crippen LogP contribution >= 0.6 is 11.6 Å². The van der Waals surface area contributed by atoms with Crippen molar-refractivity contribution in [1.82, 2.24) is 19.8 Å². The summed E-state index contributed by atoms with van der Waals surface area (Å²) in [6, 6.07) is -0.397. The quantitative estimate of drug-likeness (QED) is 0.830. The molecule has 2 fully saturated rings. The highest BCUT2D eigenvalue weighted by molar-refractivity contribution is 6.30. The number of fused-ring (bicyclic) bond motifs is 1. The lowest BCUT2D eigenvalue weighted by molar-refractivity contribution is -0.152. The van der Waals surface area contributed by atoms with Crippen LogP contribution in [0.15, 0.2) is 12.4 Å². The van der Waals surface area contributed by atoms with Crippen LogP contribution in [0.5, 0.6) is 0 Å². The fraction of sp³-hybridized carbons (Fsp3) is 0.500. The second-order valence-electron chi connectivity index (χ2n) is 5.06. The van der Waals surface area contributed by atoms with Crippen molar-refractivity contribution in [2.24, 2.45) is 0 Å². The summed E-state index contributed by atoms with van der Waals surface area (Å²) in [6.07, 6.45) is 3.58. The van der Waals surface area contributed by atoms with Gasteiger partial charge in [-0.15, -0.1) is 0 Å². The number of hydrogen-bond donors (Lipinski definition) is 1. The molecule has 0 radical (unpaired) electrons. The van der Waals surface area contributed by atoms with Crippen LogP contribution in [0.25, 0.3) is 0 Å². The van der Waals surface area contributed by atoms with Gasteiger partial charge in [0.2, 0.25) is 17.8 Å². The Balaban J connectivity index is 1.71. The van der Waals surface area contributed by atoms with E-state index in [0.29, 0.717) is 23.9 Å². The number of nitrogens with one attached hydrogen (secondary N) is 1. The summed E-state index contributed by atoms with van der Waals surface area (Å²) in [5, 5.41) is 3.60. The fourth-order valence-corrected chi connectivity index (χ4v) is 2.74. The Kier molecular flexibility index (Phi) is 3.21. The van der Waals surface area contributed by atoms with Gasteiger partial charge in [0.25, 0.3) is 0 Å². The molecular formula is C12H14ClN5O2. The molecule has 7 nitrogen and oxygen atoms in total. The molecule has 1 aromatic rings. The average molecular weight is 296 g/mol. The van der Waals surface area contributed by atoms with Crippen LogP contribution < -0.4 is 5.32 Å². The van der Waals surface area contributed by atoms with Crippen LogP contribution in [-0.4, -0.2) is 63.8 Å². The van der Waals surface area contributed by atoms with E-state index in [1.165, 1.54) is 17.3 Å². The topological polar surface area (TPSA) is 78.4 Å². The third-order valence-corrected chi connectivity index (χ3v) is 3.80. The molecule has 2 atom stereocenters. The molecule has 0 bridgehead atoms. The minimum atomic E-state index is -0.369. The number of likely N-dealkylation sites (N-methyl/N-ethyl adjacent to an activating group) is 1. The van der Waals surface area contributed by atoms with Gasteiger partial charge in [-0.1, -0.05) is 11.6 Å². The van der Waals surface area contributed by atoms with E-state index in [1.54, 1.807) is 11.9 Å². The second-order valence-corrected chi connectivity index (χ2v) is 5.49. The predicted octanol–water partition coefficient (Wildman–Crippen LogP) is -0.0166. The Labute approximate surface area is 120 Å². The smallest absolute Gasteiger partial charge is 0.245 e. The summed E-state index contributed by atoms with van der Waals surface area (Å²) in [4.78, 5) is 35.2. The molecule has 2 saturated heterocycles. The third-order valence-electron chi connectivity index (χ3n) is 3.61. The van der Waals surface area contributed by atoms with Gasteiger partial charge in [-0.25, -0.2) is 9.97 Å². The second kappa shape index (κ2) is 4.90. The van der Waals surface area contributed by atoms with Gasteiger partial charge in [0.15, 0.2) is 0 Å². The summed E-state index contributed by atoms with van der Waals surface area (Å²) in [6.45, 7) is 0.647. The number of piperazine rings is 1. The Morgan fingerprint density at radius 1 is 1.35 bits per heavy atom. The molecule has 0 saturated carbocycles. The first-order valence-corrected chi connectivity index (χ1v) is 6.71. The van der Waals surface area contributed by atoms with Crippen LogP contribution in [-0.2, 0) is 9.59 Å². The van der Waals surface area contributed by atoms with E-state index in [9.17, 15) is 9.59 Å². The first-order valence-electron chi connectivity index (χ1n) is 6.33. The van der Waals surface area contributed by atoms with Crippen LogP contribution in [0.1, 0.15) is 6.42 Å². The van der Waals surface area contributed by atoms with E-state index in [2.05, 4.69) is 15.3 Å². The van der Waals surface area contributed by atoms with E-state index in [-0.39, 0.29) is 30.4 Å². The molecule has 0 unspecified atom stereocenters. The molecule has 106 valence electrons. The maximum Gasteiger partial charge on any atom is 0.245 e. The summed E-state index contributed by atoms with van der Waals surface area (Å²) in [5.41, 5.74) is 0. The van der Waals surface area contributed by atoms with Gasteiger partial charge in [0.1, 0.15) is 6.04 Å². The number of hydrogen-bond acceptors (Lipinski definition) is 5. The lowest BCUT2D eigenvalue weighted by Crippen LogP contribution is -2.55. The van der Waals surface area contributed by atoms with Crippen molar-refractivity contribution in [3.63, 3.8) is 0 Å². The lowest BCUT2D eigenvalue weighted by atomic mass is 10.1. The molecule has 0 aliphatic carbocycles. The van der Waals surface area contributed by atoms with Gasteiger partial charge >= 0.3 is 0 Å². The highest BCUT2D eigenvalue weighted by Gasteiger charge is 2.44. The Bertz CT molecular complexity index is 549. The predicted molar refractivity (Wildman–Crippen MR) is 72.2 cm³/mol. The van der Waals surface area contributed by atoms with Crippen molar-refractivity contribution in [1.29, 1.82) is 0 Å². The molecule has 3 heterocycles. The maximum absolute atomic E-state index is 12.1. The number of amides is 2. The van der Waals surface area contributed by atoms with Crippen molar-refractivity contribution in [2.75, 3.05) is 25.5 Å². The van der Waals surface area contributed by atoms with Gasteiger partial charge in [-0.05, 0) is 6.42 Å². The van der Waals surface area contributed by atoms with Crippen molar-refractivity contribution in [2.45, 2.75) is 18.5 Å². The number of carbonyl (C=O) groups is 2. The minimum Gasteiger partial charge on any atom is -0.350 e. The van der Waals surface area contributed by atoms with Crippen LogP contribution in [0.2, 0.25) is 5.02 Å². The van der Waals surface area contributed by atoms with Crippen molar-refractivity contribution in [3.8, 4) is 0 Å². The molecule has 0 aromatic carbocycles. The highest BCUT2D eigenvalue weighted by Crippen LogP contribution is 2.25. The first-order chi connectivity index (χ1) is 9.54. The molecule has 3 rings (SSSR count). The number of aromatic nitrogens is 2. The Morgan fingerprint density at radius 2 is 2.05 bits per heavy atom. The summed E-state index contributed by atoms with van der Waals surface area (Å²) < 4.78 is 0. The van der Waals surface area contributed by atoms with Gasteiger partial charge in [0.05, 0.1) is 24.0 Å². The molecule has 1 N–H and O–H groups in total. The number of anilines is 1. The summed E-state index contributed by atoms with van der Waals surface area (Å²) in [7, 11) is 1.65. The molecule has 1 aromatic heterocycles. The zero-order valence-electron chi connectivity index (χ0n) is 10.9. The molecule has 2 aliphatic rings. The largest absolute Gasteiger partial charge is 0.350 e. The van der Waals surface area contributed by atoms with E-state index in [1.807, 2.05) is 0 Å². The van der Waals surface area contributed by atoms with E-state index in [4.69, 9.17) is 11.6 Å². The van der Waals surface area contributed by atoms with Crippen molar-refractivity contribution >= 4 is 29.4 Å². The molecular weight excluding hydrogens is 282 g/mol. The molecule has 2 aliphatic heterocycles. The zero-order valence-corrected chi connectivity index (χ0v) is 11.7. The van der Waals surface area contributed by atoms with Gasteiger partial charge in [-0.3, -0.25) is 9.59 Å². The van der Waals surface area contributed by atoms with E-state index < -0.39 is 0 Å². The first kappa shape index (κ1) is 13.1. The molecule has 0 spiro atoms. The van der Waals surface area contributed by atoms with Crippen molar-refractivity contribution in [3.05, 3.63) is 17.4 Å². The number of halogens is 1. The number of nitrogens with zero attached hydrogens (tertiary/aromatic N) is 4. The average Bonchev–Trinajstić information content (AvgIpc) is 2.83. The van der Waals surface area contributed by atoms with E-state index >= 15 is 0 Å². The van der Waals surface area contributed by atoms with Crippen molar-refractivity contribution < 1.29 is 9.59 Å². The number of carbonyl (C=O) groups excluding carboxylic acids is 2. The fourth-order valence-electron chi connectivity index (χ4n) is 2.65. The standard InChI is InChI=1S/C12H14ClN5O2/c1-17-6-10(19)18-5-8(2-9(18)11(17)20)16-12-14-3-7(13)4-15-12/h3-4,8-9H,2,5-6H2,1H3,(H,14,15,16)/t8-,9+/m1/s1. The minimum absolute atomic E-state index is 0.00840. The zero-order chi connectivity index (χ0) is 14.3. The number of rotatable bonds is 2. The molecule has 8 heteroatoms. The monoisotopic (exact) mass is 295 g/mol. The SMILES string of the molecule is CN1CC(=O)N2C[C@H](Nc3ncc(Cl)cn3)C[C@H]2C1=O. The summed E-state index contributed by atoms with van der Waals surface area (Å²) in [5.74, 6) is 0.428. The summed E-state index contributed by atoms with van der Waals surface area (Å²) >= 11 is 5.73. The Hall–Kier alpha value is -1.89. The normalized spacial score (nSPS) is 25.9. The maximum atomic E-state index is 12.1. The van der Waals surface area contributed by atoms with Gasteiger partial charge in [0, 0.05) is 19.6 Å². The van der Waals surface area contributed by atoms with Crippen LogP contribution in [0, 0.1) is 0 Å². The van der Waals surface area contributed by atoms with Gasteiger partial charge < -0.3 is 15.1 Å². The lowest BCUT2D eigenvalue weighted by Gasteiger charge is -2.33. The molecule has 20 heavy (non-hydrogen) atoms. The van der Waals surface area contributed by atoms with E-state index in [0.717, 1.165) is 0 Å². The Morgan fingerprint density at radius 3 is 2.75 bits per heavy atom. The highest BCUT2D eigenvalue weighted by atomic mass is 35.5. The van der Waals surface area contributed by atoms with Crippen LogP contribution in [0.4, 0.5) is 5.95 Å². The van der Waals surface area contributed by atoms with Gasteiger partial charge in [-0.2, -0.15) is 0 Å². The third kappa shape index (κ3) is 2.29.